The molecular weight excluding hydrogens is 240 g/mol. The Kier molecular flexibility index (Phi) is 4.08. The number of thiocarbonyl (C=S) groups is 1. The Morgan fingerprint density at radius 2 is 2.00 bits per heavy atom. The maximum Gasteiger partial charge on any atom is 0.0741 e. The molecule has 1 aromatic rings. The summed E-state index contributed by atoms with van der Waals surface area (Å²) >= 11 is 4.58. The highest BCUT2D eigenvalue weighted by molar-refractivity contribution is 7.78. The standard InChI is InChI=1S/C15H16N2S/c1-11-4-3-5-12(2)15(11)17-14-8-6-13(7-9-14)16-10-18/h6-9,17H,1,3-5H2,2H3. The Labute approximate surface area is 113 Å². The molecule has 92 valence electrons. The van der Waals surface area contributed by atoms with E-state index in [1.165, 1.54) is 23.3 Å². The zero-order chi connectivity index (χ0) is 13.0. The quantitative estimate of drug-likeness (QED) is 0.617. The van der Waals surface area contributed by atoms with Crippen molar-refractivity contribution in [3.05, 3.63) is 47.7 Å². The second kappa shape index (κ2) is 5.76. The van der Waals surface area contributed by atoms with Gasteiger partial charge in [0.25, 0.3) is 0 Å². The molecule has 0 fully saturated rings. The fourth-order valence-electron chi connectivity index (χ4n) is 2.13. The van der Waals surface area contributed by atoms with Crippen LogP contribution < -0.4 is 5.32 Å². The Morgan fingerprint density at radius 1 is 1.28 bits per heavy atom. The lowest BCUT2D eigenvalue weighted by molar-refractivity contribution is 0.767. The topological polar surface area (TPSA) is 24.4 Å². The highest BCUT2D eigenvalue weighted by Gasteiger charge is 2.12. The van der Waals surface area contributed by atoms with Crippen molar-refractivity contribution >= 4 is 28.8 Å². The number of aliphatic imine (C=N–C) groups is 1. The number of benzene rings is 1. The molecule has 2 rings (SSSR count). The summed E-state index contributed by atoms with van der Waals surface area (Å²) in [5.41, 5.74) is 5.64. The van der Waals surface area contributed by atoms with Gasteiger partial charge in [0.05, 0.1) is 10.8 Å². The van der Waals surface area contributed by atoms with E-state index in [4.69, 9.17) is 0 Å². The van der Waals surface area contributed by atoms with Crippen LogP contribution in [0.2, 0.25) is 0 Å². The minimum atomic E-state index is 0.823. The third-order valence-electron chi connectivity index (χ3n) is 3.12. The molecule has 18 heavy (non-hydrogen) atoms. The van der Waals surface area contributed by atoms with Gasteiger partial charge in [-0.2, -0.15) is 4.99 Å². The first kappa shape index (κ1) is 12.7. The number of hydrogen-bond acceptors (Lipinski definition) is 3. The number of rotatable bonds is 3. The summed E-state index contributed by atoms with van der Waals surface area (Å²) in [6, 6.07) is 7.83. The van der Waals surface area contributed by atoms with Crippen LogP contribution >= 0.6 is 12.2 Å². The summed E-state index contributed by atoms with van der Waals surface area (Å²) in [7, 11) is 0. The Bertz CT molecular complexity index is 534. The van der Waals surface area contributed by atoms with Crippen molar-refractivity contribution in [2.24, 2.45) is 4.99 Å². The fraction of sp³-hybridized carbons (Fsp3) is 0.267. The van der Waals surface area contributed by atoms with Gasteiger partial charge in [0.2, 0.25) is 0 Å². The van der Waals surface area contributed by atoms with Crippen molar-refractivity contribution in [1.82, 2.24) is 0 Å². The highest BCUT2D eigenvalue weighted by Crippen LogP contribution is 2.29. The molecule has 1 aliphatic carbocycles. The molecule has 0 heterocycles. The van der Waals surface area contributed by atoms with Gasteiger partial charge in [-0.1, -0.05) is 6.58 Å². The van der Waals surface area contributed by atoms with Crippen LogP contribution in [0, 0.1) is 0 Å². The molecule has 0 amide bonds. The second-order valence-electron chi connectivity index (χ2n) is 4.49. The molecule has 3 heteroatoms. The van der Waals surface area contributed by atoms with Gasteiger partial charge in [0, 0.05) is 11.4 Å². The smallest absolute Gasteiger partial charge is 0.0741 e. The van der Waals surface area contributed by atoms with E-state index in [1.807, 2.05) is 24.3 Å². The number of nitrogens with zero attached hydrogens (tertiary/aromatic N) is 1. The maximum atomic E-state index is 4.58. The van der Waals surface area contributed by atoms with Crippen LogP contribution in [0.15, 0.2) is 52.7 Å². The van der Waals surface area contributed by atoms with E-state index in [9.17, 15) is 0 Å². The maximum absolute atomic E-state index is 4.58. The van der Waals surface area contributed by atoms with Gasteiger partial charge < -0.3 is 5.32 Å². The molecule has 0 aliphatic heterocycles. The molecule has 1 aromatic carbocycles. The number of nitrogens with one attached hydrogen (secondary N) is 1. The molecular formula is C15H16N2S. The summed E-state index contributed by atoms with van der Waals surface area (Å²) < 4.78 is 0. The van der Waals surface area contributed by atoms with Gasteiger partial charge in [-0.15, -0.1) is 0 Å². The van der Waals surface area contributed by atoms with Gasteiger partial charge in [-0.25, -0.2) is 0 Å². The van der Waals surface area contributed by atoms with Gasteiger partial charge >= 0.3 is 0 Å². The van der Waals surface area contributed by atoms with E-state index in [0.29, 0.717) is 0 Å². The lowest BCUT2D eigenvalue weighted by Gasteiger charge is -2.21. The zero-order valence-electron chi connectivity index (χ0n) is 10.5. The lowest BCUT2D eigenvalue weighted by Crippen LogP contribution is -2.09. The average Bonchev–Trinajstić information content (AvgIpc) is 2.36. The summed E-state index contributed by atoms with van der Waals surface area (Å²) in [6.07, 6.45) is 3.43. The van der Waals surface area contributed by atoms with E-state index in [1.54, 1.807) is 0 Å². The molecule has 0 radical (unpaired) electrons. The van der Waals surface area contributed by atoms with Crippen LogP contribution in [0.25, 0.3) is 0 Å². The largest absolute Gasteiger partial charge is 0.355 e. The number of isothiocyanates is 1. The van der Waals surface area contributed by atoms with Gasteiger partial charge in [-0.3, -0.25) is 0 Å². The van der Waals surface area contributed by atoms with E-state index in [2.05, 4.69) is 41.2 Å². The predicted molar refractivity (Wildman–Crippen MR) is 80.4 cm³/mol. The first-order valence-corrected chi connectivity index (χ1v) is 6.44. The molecule has 1 aliphatic rings. The third-order valence-corrected chi connectivity index (χ3v) is 3.21. The zero-order valence-corrected chi connectivity index (χ0v) is 11.3. The molecule has 0 saturated carbocycles. The summed E-state index contributed by atoms with van der Waals surface area (Å²) in [5, 5.41) is 5.81. The number of hydrogen-bond donors (Lipinski definition) is 1. The summed E-state index contributed by atoms with van der Waals surface area (Å²) in [5.74, 6) is 0. The molecule has 0 bridgehead atoms. The predicted octanol–water partition coefficient (Wildman–Crippen LogP) is 4.85. The second-order valence-corrected chi connectivity index (χ2v) is 4.67. The van der Waals surface area contributed by atoms with E-state index < -0.39 is 0 Å². The van der Waals surface area contributed by atoms with E-state index in [-0.39, 0.29) is 0 Å². The molecule has 1 N–H and O–H groups in total. The van der Waals surface area contributed by atoms with Crippen molar-refractivity contribution in [2.45, 2.75) is 26.2 Å². The van der Waals surface area contributed by atoms with E-state index >= 15 is 0 Å². The highest BCUT2D eigenvalue weighted by atomic mass is 32.1. The first-order valence-electron chi connectivity index (χ1n) is 6.03. The van der Waals surface area contributed by atoms with Crippen molar-refractivity contribution in [3.63, 3.8) is 0 Å². The molecule has 0 spiro atoms. The monoisotopic (exact) mass is 256 g/mol. The number of anilines is 1. The van der Waals surface area contributed by atoms with Crippen molar-refractivity contribution in [3.8, 4) is 0 Å². The van der Waals surface area contributed by atoms with Crippen LogP contribution in [0.3, 0.4) is 0 Å². The Hall–Kier alpha value is -1.70. The lowest BCUT2D eigenvalue weighted by atomic mass is 9.93. The van der Waals surface area contributed by atoms with Crippen molar-refractivity contribution < 1.29 is 0 Å². The summed E-state index contributed by atoms with van der Waals surface area (Å²) in [6.45, 7) is 6.29. The molecule has 2 nitrogen and oxygen atoms in total. The van der Waals surface area contributed by atoms with Crippen molar-refractivity contribution in [1.29, 1.82) is 0 Å². The van der Waals surface area contributed by atoms with Gasteiger partial charge in [-0.05, 0) is 73.8 Å². The van der Waals surface area contributed by atoms with Crippen LogP contribution in [-0.4, -0.2) is 5.16 Å². The third kappa shape index (κ3) is 2.95. The van der Waals surface area contributed by atoms with E-state index in [0.717, 1.165) is 24.2 Å². The minimum Gasteiger partial charge on any atom is -0.355 e. The SMILES string of the molecule is C=C1CCCC(C)=C1Nc1ccc(N=C=S)cc1. The van der Waals surface area contributed by atoms with Crippen LogP contribution in [0.1, 0.15) is 26.2 Å². The first-order chi connectivity index (χ1) is 8.70. The van der Waals surface area contributed by atoms with Crippen LogP contribution in [-0.2, 0) is 0 Å². The average molecular weight is 256 g/mol. The molecule has 0 atom stereocenters. The van der Waals surface area contributed by atoms with Crippen molar-refractivity contribution in [2.75, 3.05) is 5.32 Å². The van der Waals surface area contributed by atoms with Gasteiger partial charge in [0.15, 0.2) is 0 Å². The molecule has 0 aromatic heterocycles. The minimum absolute atomic E-state index is 0.823. The van der Waals surface area contributed by atoms with Crippen LogP contribution in [0.4, 0.5) is 11.4 Å². The summed E-state index contributed by atoms with van der Waals surface area (Å²) in [4.78, 5) is 3.93. The van der Waals surface area contributed by atoms with Crippen LogP contribution in [0.5, 0.6) is 0 Å². The fourth-order valence-corrected chi connectivity index (χ4v) is 2.24. The normalized spacial score (nSPS) is 15.3. The van der Waals surface area contributed by atoms with Gasteiger partial charge in [0.1, 0.15) is 0 Å². The Balaban J connectivity index is 2.18. The molecule has 0 unspecified atom stereocenters. The Morgan fingerprint density at radius 3 is 2.61 bits per heavy atom. The molecule has 0 saturated heterocycles. The number of allylic oxidation sites excluding steroid dienone is 2.